The maximum absolute atomic E-state index is 12.5. The molecule has 1 aliphatic rings. The second kappa shape index (κ2) is 8.77. The number of amides is 3. The number of para-hydroxylation sites is 2. The third kappa shape index (κ3) is 4.17. The molecule has 30 heavy (non-hydrogen) atoms. The predicted molar refractivity (Wildman–Crippen MR) is 109 cm³/mol. The molecule has 1 aliphatic heterocycles. The Balaban J connectivity index is 1.65. The highest BCUT2D eigenvalue weighted by Gasteiger charge is 2.37. The van der Waals surface area contributed by atoms with Crippen molar-refractivity contribution in [3.63, 3.8) is 0 Å². The number of carbonyl (C=O) groups excluding carboxylic acids is 4. The number of fused-ring (bicyclic) bond motifs is 1. The highest BCUT2D eigenvalue weighted by molar-refractivity contribution is 6.22. The summed E-state index contributed by atoms with van der Waals surface area (Å²) in [4.78, 5) is 50.4. The van der Waals surface area contributed by atoms with Gasteiger partial charge in [0.25, 0.3) is 17.7 Å². The van der Waals surface area contributed by atoms with E-state index in [4.69, 9.17) is 9.47 Å². The first-order valence-electron chi connectivity index (χ1n) is 9.54. The summed E-state index contributed by atoms with van der Waals surface area (Å²) in [5.74, 6) is -1.64. The zero-order valence-electron chi connectivity index (χ0n) is 16.9. The van der Waals surface area contributed by atoms with Crippen molar-refractivity contribution in [2.45, 2.75) is 26.8 Å². The van der Waals surface area contributed by atoms with E-state index in [1.165, 1.54) is 18.2 Å². The Morgan fingerprint density at radius 1 is 1.03 bits per heavy atom. The van der Waals surface area contributed by atoms with Gasteiger partial charge in [-0.15, -0.1) is 0 Å². The summed E-state index contributed by atoms with van der Waals surface area (Å²) < 4.78 is 10.5. The van der Waals surface area contributed by atoms with Crippen LogP contribution < -0.4 is 10.1 Å². The Morgan fingerprint density at radius 2 is 1.73 bits per heavy atom. The molecular weight excluding hydrogens is 388 g/mol. The maximum Gasteiger partial charge on any atom is 0.338 e. The molecule has 2 aromatic rings. The minimum absolute atomic E-state index is 0.0861. The third-order valence-corrected chi connectivity index (χ3v) is 4.47. The highest BCUT2D eigenvalue weighted by Crippen LogP contribution is 2.26. The molecule has 156 valence electrons. The average Bonchev–Trinajstić information content (AvgIpc) is 2.97. The Bertz CT molecular complexity index is 1010. The summed E-state index contributed by atoms with van der Waals surface area (Å²) in [5, 5.41) is 2.63. The monoisotopic (exact) mass is 410 g/mol. The van der Waals surface area contributed by atoms with Crippen LogP contribution in [0.25, 0.3) is 0 Å². The Hall–Kier alpha value is -3.68. The van der Waals surface area contributed by atoms with Crippen LogP contribution in [0, 0.1) is 0 Å². The van der Waals surface area contributed by atoms with Crippen molar-refractivity contribution in [3.8, 4) is 5.75 Å². The molecule has 8 nitrogen and oxygen atoms in total. The van der Waals surface area contributed by atoms with E-state index in [1.54, 1.807) is 38.1 Å². The maximum atomic E-state index is 12.5. The van der Waals surface area contributed by atoms with E-state index in [1.807, 2.05) is 6.92 Å². The first-order valence-corrected chi connectivity index (χ1v) is 9.54. The summed E-state index contributed by atoms with van der Waals surface area (Å²) in [6.07, 6.45) is 0. The lowest BCUT2D eigenvalue weighted by Crippen LogP contribution is -2.35. The van der Waals surface area contributed by atoms with Gasteiger partial charge in [-0.2, -0.15) is 0 Å². The van der Waals surface area contributed by atoms with E-state index in [9.17, 15) is 19.2 Å². The zero-order chi connectivity index (χ0) is 21.8. The van der Waals surface area contributed by atoms with Gasteiger partial charge in [-0.1, -0.05) is 12.1 Å². The number of hydrogen-bond donors (Lipinski definition) is 1. The number of ether oxygens (including phenoxy) is 2. The minimum atomic E-state index is -0.769. The number of imide groups is 1. The van der Waals surface area contributed by atoms with Gasteiger partial charge in [-0.25, -0.2) is 4.79 Å². The minimum Gasteiger partial charge on any atom is -0.492 e. The van der Waals surface area contributed by atoms with Gasteiger partial charge in [0, 0.05) is 6.04 Å². The van der Waals surface area contributed by atoms with E-state index in [0.717, 1.165) is 4.90 Å². The largest absolute Gasteiger partial charge is 0.492 e. The van der Waals surface area contributed by atoms with Crippen molar-refractivity contribution in [2.75, 3.05) is 18.5 Å². The van der Waals surface area contributed by atoms with Crippen LogP contribution in [0.15, 0.2) is 42.5 Å². The number of nitrogens with one attached hydrogen (secondary N) is 1. The zero-order valence-corrected chi connectivity index (χ0v) is 16.9. The molecule has 0 bridgehead atoms. The molecule has 0 aromatic heterocycles. The van der Waals surface area contributed by atoms with Crippen LogP contribution in [0.1, 0.15) is 51.8 Å². The van der Waals surface area contributed by atoms with Gasteiger partial charge in [0.05, 0.1) is 29.0 Å². The number of anilines is 1. The second-order valence-electron chi connectivity index (χ2n) is 6.89. The van der Waals surface area contributed by atoms with Crippen molar-refractivity contribution in [1.82, 2.24) is 4.90 Å². The summed E-state index contributed by atoms with van der Waals surface area (Å²) in [6.45, 7) is 5.23. The van der Waals surface area contributed by atoms with Gasteiger partial charge >= 0.3 is 5.97 Å². The molecule has 0 spiro atoms. The molecule has 0 fully saturated rings. The average molecular weight is 410 g/mol. The molecule has 0 radical (unpaired) electrons. The van der Waals surface area contributed by atoms with Gasteiger partial charge in [-0.3, -0.25) is 19.3 Å². The summed E-state index contributed by atoms with van der Waals surface area (Å²) >= 11 is 0. The number of rotatable bonds is 7. The Kier molecular flexibility index (Phi) is 6.15. The molecular formula is C22H22N2O6. The van der Waals surface area contributed by atoms with Crippen LogP contribution in [0.5, 0.6) is 5.75 Å². The van der Waals surface area contributed by atoms with Crippen molar-refractivity contribution in [1.29, 1.82) is 0 Å². The van der Waals surface area contributed by atoms with E-state index in [0.29, 0.717) is 18.0 Å². The highest BCUT2D eigenvalue weighted by atomic mass is 16.5. The molecule has 0 saturated carbocycles. The molecule has 1 N–H and O–H groups in total. The van der Waals surface area contributed by atoms with Crippen LogP contribution in [0.2, 0.25) is 0 Å². The molecule has 0 atom stereocenters. The molecule has 8 heteroatoms. The van der Waals surface area contributed by atoms with Gasteiger partial charge < -0.3 is 14.8 Å². The predicted octanol–water partition coefficient (Wildman–Crippen LogP) is 2.89. The van der Waals surface area contributed by atoms with Crippen LogP contribution in [0.4, 0.5) is 5.69 Å². The topological polar surface area (TPSA) is 102 Å². The Morgan fingerprint density at radius 3 is 2.43 bits per heavy atom. The fourth-order valence-corrected chi connectivity index (χ4v) is 3.11. The number of nitrogens with zero attached hydrogens (tertiary/aromatic N) is 1. The van der Waals surface area contributed by atoms with Crippen LogP contribution >= 0.6 is 0 Å². The lowest BCUT2D eigenvalue weighted by atomic mass is 10.1. The fraction of sp³-hybridized carbons (Fsp3) is 0.273. The number of carbonyl (C=O) groups is 4. The fourth-order valence-electron chi connectivity index (χ4n) is 3.11. The lowest BCUT2D eigenvalue weighted by molar-refractivity contribution is -0.119. The normalized spacial score (nSPS) is 12.7. The van der Waals surface area contributed by atoms with Gasteiger partial charge in [0.1, 0.15) is 5.75 Å². The molecule has 3 rings (SSSR count). The molecule has 0 saturated heterocycles. The van der Waals surface area contributed by atoms with Gasteiger partial charge in [0.2, 0.25) is 0 Å². The Labute approximate surface area is 173 Å². The van der Waals surface area contributed by atoms with E-state index >= 15 is 0 Å². The quantitative estimate of drug-likeness (QED) is 0.556. The number of hydrogen-bond acceptors (Lipinski definition) is 6. The molecule has 2 aromatic carbocycles. The van der Waals surface area contributed by atoms with E-state index in [2.05, 4.69) is 5.32 Å². The molecule has 0 aliphatic carbocycles. The van der Waals surface area contributed by atoms with Crippen molar-refractivity contribution < 1.29 is 28.7 Å². The van der Waals surface area contributed by atoms with E-state index < -0.39 is 30.3 Å². The van der Waals surface area contributed by atoms with Crippen molar-refractivity contribution >= 4 is 29.4 Å². The van der Waals surface area contributed by atoms with Gasteiger partial charge in [0.15, 0.2) is 6.61 Å². The van der Waals surface area contributed by atoms with Crippen molar-refractivity contribution in [2.24, 2.45) is 0 Å². The third-order valence-electron chi connectivity index (χ3n) is 4.47. The first-order chi connectivity index (χ1) is 14.3. The van der Waals surface area contributed by atoms with Crippen LogP contribution in [0.3, 0.4) is 0 Å². The molecule has 1 heterocycles. The molecule has 3 amide bonds. The first kappa shape index (κ1) is 21.0. The van der Waals surface area contributed by atoms with Crippen LogP contribution in [-0.2, 0) is 9.53 Å². The molecule has 0 unspecified atom stereocenters. The summed E-state index contributed by atoms with van der Waals surface area (Å²) in [5.41, 5.74) is 0.951. The number of benzene rings is 2. The second-order valence-corrected chi connectivity index (χ2v) is 6.89. The van der Waals surface area contributed by atoms with Crippen molar-refractivity contribution in [3.05, 3.63) is 59.2 Å². The summed E-state index contributed by atoms with van der Waals surface area (Å²) in [7, 11) is 0. The number of esters is 1. The SMILES string of the molecule is CCOc1ccccc1NC(=O)COC(=O)c1ccc2c(c1)C(=O)N(C(C)C)C2=O. The lowest BCUT2D eigenvalue weighted by Gasteiger charge is -2.17. The van der Waals surface area contributed by atoms with Gasteiger partial charge in [-0.05, 0) is 51.1 Å². The standard InChI is InChI=1S/C22H22N2O6/c1-4-29-18-8-6-5-7-17(18)23-19(25)12-30-22(28)14-9-10-15-16(11-14)21(27)24(13(2)3)20(15)26/h5-11,13H,4,12H2,1-3H3,(H,23,25). The van der Waals surface area contributed by atoms with E-state index in [-0.39, 0.29) is 22.7 Å². The smallest absolute Gasteiger partial charge is 0.338 e. The summed E-state index contributed by atoms with van der Waals surface area (Å²) in [6, 6.07) is 10.8. The van der Waals surface area contributed by atoms with Crippen LogP contribution in [-0.4, -0.2) is 47.8 Å².